The van der Waals surface area contributed by atoms with E-state index in [-0.39, 0.29) is 18.4 Å². The first-order valence-electron chi connectivity index (χ1n) is 7.30. The van der Waals surface area contributed by atoms with Gasteiger partial charge in [0.15, 0.2) is 0 Å². The van der Waals surface area contributed by atoms with Gasteiger partial charge >= 0.3 is 5.97 Å². The zero-order valence-electron chi connectivity index (χ0n) is 12.5. The highest BCUT2D eigenvalue weighted by Crippen LogP contribution is 2.29. The molecule has 5 nitrogen and oxygen atoms in total. The highest BCUT2D eigenvalue weighted by Gasteiger charge is 2.34. The van der Waals surface area contributed by atoms with Crippen LogP contribution in [0.3, 0.4) is 0 Å². The van der Waals surface area contributed by atoms with Crippen molar-refractivity contribution in [1.82, 2.24) is 4.90 Å². The van der Waals surface area contributed by atoms with Gasteiger partial charge in [0.1, 0.15) is 0 Å². The Morgan fingerprint density at radius 1 is 1.43 bits per heavy atom. The lowest BCUT2D eigenvalue weighted by Gasteiger charge is -2.35. The predicted molar refractivity (Wildman–Crippen MR) is 79.7 cm³/mol. The van der Waals surface area contributed by atoms with Gasteiger partial charge in [0.25, 0.3) is 0 Å². The Morgan fingerprint density at radius 3 is 2.71 bits per heavy atom. The zero-order chi connectivity index (χ0) is 15.6. The van der Waals surface area contributed by atoms with E-state index in [1.165, 1.54) is 0 Å². The molecule has 0 aliphatic carbocycles. The Morgan fingerprint density at radius 2 is 2.10 bits per heavy atom. The van der Waals surface area contributed by atoms with E-state index in [0.29, 0.717) is 6.54 Å². The second-order valence-corrected chi connectivity index (χ2v) is 5.72. The maximum atomic E-state index is 12.5. The molecule has 0 bridgehead atoms. The molecular formula is C16H22N2O3. The van der Waals surface area contributed by atoms with Gasteiger partial charge in [-0.25, -0.2) is 0 Å². The molecule has 0 saturated heterocycles. The number of hydrogen-bond donors (Lipinski definition) is 2. The van der Waals surface area contributed by atoms with Crippen LogP contribution in [0.4, 0.5) is 0 Å². The number of carbonyl (C=O) groups is 2. The van der Waals surface area contributed by atoms with Crippen molar-refractivity contribution in [2.75, 3.05) is 6.54 Å². The molecule has 1 aliphatic rings. The van der Waals surface area contributed by atoms with Gasteiger partial charge in [-0.2, -0.15) is 0 Å². The van der Waals surface area contributed by atoms with Crippen molar-refractivity contribution in [2.45, 2.75) is 38.8 Å². The molecule has 1 heterocycles. The van der Waals surface area contributed by atoms with Gasteiger partial charge in [-0.3, -0.25) is 9.59 Å². The molecule has 21 heavy (non-hydrogen) atoms. The van der Waals surface area contributed by atoms with Gasteiger partial charge in [-0.05, 0) is 17.0 Å². The highest BCUT2D eigenvalue weighted by atomic mass is 16.4. The van der Waals surface area contributed by atoms with Crippen molar-refractivity contribution in [1.29, 1.82) is 0 Å². The first-order chi connectivity index (χ1) is 9.95. The summed E-state index contributed by atoms with van der Waals surface area (Å²) in [5.74, 6) is -1.66. The molecule has 1 aromatic carbocycles. The summed E-state index contributed by atoms with van der Waals surface area (Å²) in [4.78, 5) is 25.5. The molecule has 3 N–H and O–H groups in total. The number of fused-ring (bicyclic) bond motifs is 1. The molecule has 0 radical (unpaired) electrons. The lowest BCUT2D eigenvalue weighted by Crippen LogP contribution is -2.50. The van der Waals surface area contributed by atoms with E-state index in [4.69, 9.17) is 5.73 Å². The number of benzene rings is 1. The first kappa shape index (κ1) is 15.5. The third kappa shape index (κ3) is 3.08. The molecule has 0 aromatic heterocycles. The molecule has 2 rings (SSSR count). The average molecular weight is 290 g/mol. The van der Waals surface area contributed by atoms with E-state index in [1.54, 1.807) is 4.90 Å². The molecule has 3 atom stereocenters. The number of carboxylic acids is 1. The number of nitrogens with two attached hydrogens (primary N) is 1. The third-order valence-corrected chi connectivity index (χ3v) is 4.35. The van der Waals surface area contributed by atoms with E-state index in [9.17, 15) is 14.7 Å². The van der Waals surface area contributed by atoms with Crippen LogP contribution < -0.4 is 5.73 Å². The quantitative estimate of drug-likeness (QED) is 0.881. The fourth-order valence-corrected chi connectivity index (χ4v) is 2.69. The Balaban J connectivity index is 2.25. The largest absolute Gasteiger partial charge is 0.481 e. The second-order valence-electron chi connectivity index (χ2n) is 5.72. The Bertz CT molecular complexity index is 544. The van der Waals surface area contributed by atoms with E-state index in [0.717, 1.165) is 17.5 Å². The fourth-order valence-electron chi connectivity index (χ4n) is 2.69. The number of amides is 1. The molecule has 5 heteroatoms. The Kier molecular flexibility index (Phi) is 4.63. The summed E-state index contributed by atoms with van der Waals surface area (Å²) in [6.45, 7) is 4.55. The molecule has 1 aromatic rings. The molecule has 114 valence electrons. The van der Waals surface area contributed by atoms with Crippen molar-refractivity contribution in [3.05, 3.63) is 35.4 Å². The van der Waals surface area contributed by atoms with Crippen molar-refractivity contribution >= 4 is 11.9 Å². The minimum absolute atomic E-state index is 0.0814. The molecule has 2 unspecified atom stereocenters. The Hall–Kier alpha value is -1.88. The highest BCUT2D eigenvalue weighted by molar-refractivity contribution is 5.84. The summed E-state index contributed by atoms with van der Waals surface area (Å²) < 4.78 is 0. The van der Waals surface area contributed by atoms with Crippen LogP contribution in [0.1, 0.15) is 37.3 Å². The summed E-state index contributed by atoms with van der Waals surface area (Å²) in [6.07, 6.45) is 0.819. The number of rotatable bonds is 4. The van der Waals surface area contributed by atoms with Crippen LogP contribution in [-0.2, 0) is 16.1 Å². The van der Waals surface area contributed by atoms with Crippen LogP contribution >= 0.6 is 0 Å². The minimum Gasteiger partial charge on any atom is -0.481 e. The summed E-state index contributed by atoms with van der Waals surface area (Å²) >= 11 is 0. The number of carbonyl (C=O) groups excluding carboxylic acids is 1. The number of aliphatic carboxylic acids is 1. The monoisotopic (exact) mass is 290 g/mol. The summed E-state index contributed by atoms with van der Waals surface area (Å²) in [5, 5.41) is 9.41. The third-order valence-electron chi connectivity index (χ3n) is 4.35. The maximum Gasteiger partial charge on any atom is 0.312 e. The van der Waals surface area contributed by atoms with Crippen molar-refractivity contribution in [3.63, 3.8) is 0 Å². The molecule has 0 spiro atoms. The van der Waals surface area contributed by atoms with E-state index < -0.39 is 17.9 Å². The lowest BCUT2D eigenvalue weighted by atomic mass is 9.88. The molecule has 1 amide bonds. The summed E-state index contributed by atoms with van der Waals surface area (Å²) in [6, 6.07) is 6.82. The summed E-state index contributed by atoms with van der Waals surface area (Å²) in [7, 11) is 0. The number of hydrogen-bond acceptors (Lipinski definition) is 3. The van der Waals surface area contributed by atoms with Gasteiger partial charge in [0, 0.05) is 13.1 Å². The normalized spacial score (nSPS) is 20.5. The average Bonchev–Trinajstić information content (AvgIpc) is 2.51. The topological polar surface area (TPSA) is 83.6 Å². The summed E-state index contributed by atoms with van der Waals surface area (Å²) in [5.41, 5.74) is 7.69. The molecule has 0 saturated carbocycles. The van der Waals surface area contributed by atoms with Crippen molar-refractivity contribution < 1.29 is 14.7 Å². The molecule has 0 fully saturated rings. The molecule has 1 aliphatic heterocycles. The van der Waals surface area contributed by atoms with Gasteiger partial charge < -0.3 is 15.7 Å². The maximum absolute atomic E-state index is 12.5. The lowest BCUT2D eigenvalue weighted by molar-refractivity contribution is -0.142. The fraction of sp³-hybridized carbons (Fsp3) is 0.500. The first-order valence-corrected chi connectivity index (χ1v) is 7.30. The van der Waals surface area contributed by atoms with Crippen LogP contribution in [0, 0.1) is 5.92 Å². The number of nitrogens with zero attached hydrogens (tertiary/aromatic N) is 1. The van der Waals surface area contributed by atoms with E-state index in [1.807, 2.05) is 38.1 Å². The number of carboxylic acid groups (broad SMARTS) is 1. The van der Waals surface area contributed by atoms with Gasteiger partial charge in [0.2, 0.25) is 5.91 Å². The Labute approximate surface area is 124 Å². The van der Waals surface area contributed by atoms with Crippen LogP contribution in [0.25, 0.3) is 0 Å². The zero-order valence-corrected chi connectivity index (χ0v) is 12.5. The van der Waals surface area contributed by atoms with Crippen molar-refractivity contribution in [2.24, 2.45) is 11.7 Å². The second kappa shape index (κ2) is 6.26. The smallest absolute Gasteiger partial charge is 0.312 e. The van der Waals surface area contributed by atoms with Gasteiger partial charge in [0.05, 0.1) is 12.0 Å². The van der Waals surface area contributed by atoms with Crippen LogP contribution in [0.15, 0.2) is 24.3 Å². The molecular weight excluding hydrogens is 268 g/mol. The van der Waals surface area contributed by atoms with Gasteiger partial charge in [-0.15, -0.1) is 0 Å². The van der Waals surface area contributed by atoms with Crippen molar-refractivity contribution in [3.8, 4) is 0 Å². The minimum atomic E-state index is -0.905. The van der Waals surface area contributed by atoms with Crippen LogP contribution in [0.5, 0.6) is 0 Å². The van der Waals surface area contributed by atoms with Crippen LogP contribution in [-0.4, -0.2) is 34.5 Å². The van der Waals surface area contributed by atoms with E-state index >= 15 is 0 Å². The standard InChI is InChI=1S/C16H22N2O3/c1-3-10(2)14(17)15(19)18-8-11-6-4-5-7-12(11)13(9-18)16(20)21/h4-7,10,13-14H,3,8-9,17H2,1-2H3,(H,20,21)/t10?,13?,14-/m0/s1. The SMILES string of the molecule is CCC(C)[C@H](N)C(=O)N1Cc2ccccc2C(C(=O)O)C1. The van der Waals surface area contributed by atoms with Crippen LogP contribution in [0.2, 0.25) is 0 Å². The van der Waals surface area contributed by atoms with E-state index in [2.05, 4.69) is 0 Å². The predicted octanol–water partition coefficient (Wildman–Crippen LogP) is 1.57. The van der Waals surface area contributed by atoms with Gasteiger partial charge in [-0.1, -0.05) is 44.5 Å².